The van der Waals surface area contributed by atoms with Gasteiger partial charge in [-0.15, -0.1) is 0 Å². The van der Waals surface area contributed by atoms with Crippen molar-refractivity contribution in [1.29, 1.82) is 0 Å². The largest absolute Gasteiger partial charge is 0.481 e. The highest BCUT2D eigenvalue weighted by Crippen LogP contribution is 2.36. The van der Waals surface area contributed by atoms with Gasteiger partial charge in [0, 0.05) is 18.8 Å². The Bertz CT molecular complexity index is 507. The van der Waals surface area contributed by atoms with E-state index in [9.17, 15) is 20.1 Å². The van der Waals surface area contributed by atoms with E-state index in [2.05, 4.69) is 0 Å². The summed E-state index contributed by atoms with van der Waals surface area (Å²) in [5, 5.41) is 39.3. The predicted molar refractivity (Wildman–Crippen MR) is 103 cm³/mol. The van der Waals surface area contributed by atoms with Gasteiger partial charge in [0.05, 0.1) is 17.8 Å². The molecule has 26 heavy (non-hydrogen) atoms. The molecule has 0 radical (unpaired) electrons. The van der Waals surface area contributed by atoms with E-state index in [1.165, 1.54) is 0 Å². The molecule has 1 aliphatic rings. The zero-order chi connectivity index (χ0) is 19.6. The van der Waals surface area contributed by atoms with Crippen molar-refractivity contribution in [3.05, 3.63) is 36.5 Å². The highest BCUT2D eigenvalue weighted by Gasteiger charge is 2.39. The Morgan fingerprint density at radius 3 is 2.54 bits per heavy atom. The molecule has 0 aromatic heterocycles. The van der Waals surface area contributed by atoms with Gasteiger partial charge in [0.25, 0.3) is 0 Å². The van der Waals surface area contributed by atoms with E-state index >= 15 is 0 Å². The Morgan fingerprint density at radius 2 is 1.88 bits per heavy atom. The summed E-state index contributed by atoms with van der Waals surface area (Å²) in [5.41, 5.74) is -0.909. The summed E-state index contributed by atoms with van der Waals surface area (Å²) >= 11 is 0. The van der Waals surface area contributed by atoms with Crippen molar-refractivity contribution in [2.75, 3.05) is 0 Å². The Morgan fingerprint density at radius 1 is 1.15 bits per heavy atom. The minimum Gasteiger partial charge on any atom is -0.481 e. The molecule has 0 aromatic rings. The number of aliphatic hydroxyl groups excluding tert-OH is 2. The van der Waals surface area contributed by atoms with E-state index in [1.807, 2.05) is 37.3 Å². The first-order valence-electron chi connectivity index (χ1n) is 9.56. The standard InChI is InChI=1S/C21H34O5/c1-3-4-13-21(2,26)14-9-11-17-16(18(22)15-19(17)23)10-7-5-6-8-12-20(24)25/h4-5,7,9,11,13,16-19,22-23,26H,3,6,8,10,12,14-15H2,1-2H3,(H,24,25)/b7-5-,11-9+,13-4+/t16-,17-,18-,19-,21?/m1/s1. The molecule has 1 rings (SSSR count). The lowest BCUT2D eigenvalue weighted by Crippen LogP contribution is -2.21. The number of carbonyl (C=O) groups is 1. The molecule has 5 heteroatoms. The van der Waals surface area contributed by atoms with Crippen LogP contribution >= 0.6 is 0 Å². The topological polar surface area (TPSA) is 98.0 Å². The van der Waals surface area contributed by atoms with E-state index in [0.29, 0.717) is 32.1 Å². The SMILES string of the molecule is CC/C=C/C(C)(O)C/C=C/[C@@H]1[C@@H](C/C=C\CCCC(=O)O)[C@H](O)C[C@H]1O. The smallest absolute Gasteiger partial charge is 0.303 e. The highest BCUT2D eigenvalue weighted by atomic mass is 16.4. The second kappa shape index (κ2) is 11.3. The first-order chi connectivity index (χ1) is 12.3. The third kappa shape index (κ3) is 8.30. The second-order valence-electron chi connectivity index (χ2n) is 7.40. The van der Waals surface area contributed by atoms with Crippen molar-refractivity contribution >= 4 is 5.97 Å². The number of unbranched alkanes of at least 4 members (excludes halogenated alkanes) is 1. The first-order valence-corrected chi connectivity index (χ1v) is 9.56. The maximum atomic E-state index is 10.5. The monoisotopic (exact) mass is 366 g/mol. The summed E-state index contributed by atoms with van der Waals surface area (Å²) in [6.07, 6.45) is 14.1. The molecule has 0 heterocycles. The molecule has 0 amide bonds. The number of allylic oxidation sites excluding steroid dienone is 3. The van der Waals surface area contributed by atoms with E-state index in [-0.39, 0.29) is 18.3 Å². The lowest BCUT2D eigenvalue weighted by Gasteiger charge is -2.20. The zero-order valence-corrected chi connectivity index (χ0v) is 15.9. The number of hydrogen-bond donors (Lipinski definition) is 4. The minimum atomic E-state index is -0.909. The van der Waals surface area contributed by atoms with Crippen LogP contribution in [0.15, 0.2) is 36.5 Å². The molecule has 0 aliphatic heterocycles. The highest BCUT2D eigenvalue weighted by molar-refractivity contribution is 5.66. The van der Waals surface area contributed by atoms with Gasteiger partial charge < -0.3 is 20.4 Å². The molecule has 0 saturated heterocycles. The molecular formula is C21H34O5. The van der Waals surface area contributed by atoms with E-state index in [4.69, 9.17) is 5.11 Å². The normalized spacial score (nSPS) is 29.1. The molecule has 1 unspecified atom stereocenters. The van der Waals surface area contributed by atoms with Crippen LogP contribution in [0.5, 0.6) is 0 Å². The average Bonchev–Trinajstić information content (AvgIpc) is 2.82. The van der Waals surface area contributed by atoms with Crippen LogP contribution in [-0.4, -0.2) is 44.2 Å². The van der Waals surface area contributed by atoms with Crippen LogP contribution in [0, 0.1) is 11.8 Å². The fourth-order valence-corrected chi connectivity index (χ4v) is 3.35. The quantitative estimate of drug-likeness (QED) is 0.332. The fraction of sp³-hybridized carbons (Fsp3) is 0.667. The summed E-state index contributed by atoms with van der Waals surface area (Å²) in [4.78, 5) is 10.5. The minimum absolute atomic E-state index is 0.0619. The Hall–Kier alpha value is -1.43. The Labute approximate surface area is 156 Å². The molecule has 0 aromatic carbocycles. The molecule has 5 nitrogen and oxygen atoms in total. The molecule has 4 N–H and O–H groups in total. The van der Waals surface area contributed by atoms with Crippen LogP contribution in [-0.2, 0) is 4.79 Å². The summed E-state index contributed by atoms with van der Waals surface area (Å²) in [5.74, 6) is -0.990. The molecule has 1 aliphatic carbocycles. The van der Waals surface area contributed by atoms with Crippen molar-refractivity contribution in [2.24, 2.45) is 11.8 Å². The molecule has 1 fully saturated rings. The van der Waals surface area contributed by atoms with Gasteiger partial charge in [-0.05, 0) is 44.9 Å². The van der Waals surface area contributed by atoms with Crippen molar-refractivity contribution in [1.82, 2.24) is 0 Å². The molecule has 148 valence electrons. The number of aliphatic hydroxyl groups is 3. The maximum Gasteiger partial charge on any atom is 0.303 e. The van der Waals surface area contributed by atoms with Crippen LogP contribution in [0.1, 0.15) is 58.8 Å². The first kappa shape index (κ1) is 22.6. The zero-order valence-electron chi connectivity index (χ0n) is 15.9. The Balaban J connectivity index is 2.55. The van der Waals surface area contributed by atoms with E-state index in [1.54, 1.807) is 13.0 Å². The molecule has 5 atom stereocenters. The second-order valence-corrected chi connectivity index (χ2v) is 7.40. The van der Waals surface area contributed by atoms with Gasteiger partial charge in [0.1, 0.15) is 0 Å². The molecular weight excluding hydrogens is 332 g/mol. The van der Waals surface area contributed by atoms with E-state index < -0.39 is 23.8 Å². The van der Waals surface area contributed by atoms with Crippen molar-refractivity contribution in [3.63, 3.8) is 0 Å². The molecule has 0 spiro atoms. The van der Waals surface area contributed by atoms with Crippen LogP contribution in [0.3, 0.4) is 0 Å². The predicted octanol–water partition coefficient (Wildman–Crippen LogP) is 3.21. The molecule has 0 bridgehead atoms. The van der Waals surface area contributed by atoms with Gasteiger partial charge in [-0.2, -0.15) is 0 Å². The number of aliphatic carboxylic acids is 1. The van der Waals surface area contributed by atoms with Gasteiger partial charge in [0.15, 0.2) is 0 Å². The van der Waals surface area contributed by atoms with E-state index in [0.717, 1.165) is 6.42 Å². The average molecular weight is 366 g/mol. The van der Waals surface area contributed by atoms with Crippen molar-refractivity contribution in [3.8, 4) is 0 Å². The summed E-state index contributed by atoms with van der Waals surface area (Å²) in [6.45, 7) is 3.76. The van der Waals surface area contributed by atoms with Crippen LogP contribution in [0.4, 0.5) is 0 Å². The maximum absolute atomic E-state index is 10.5. The molecule has 1 saturated carbocycles. The van der Waals surface area contributed by atoms with Gasteiger partial charge in [-0.1, -0.05) is 43.4 Å². The third-order valence-corrected chi connectivity index (χ3v) is 4.85. The number of rotatable bonds is 11. The van der Waals surface area contributed by atoms with Gasteiger partial charge in [0.2, 0.25) is 0 Å². The number of hydrogen-bond acceptors (Lipinski definition) is 4. The number of carboxylic acids is 1. The van der Waals surface area contributed by atoms with Gasteiger partial charge in [-0.25, -0.2) is 0 Å². The summed E-state index contributed by atoms with van der Waals surface area (Å²) in [7, 11) is 0. The van der Waals surface area contributed by atoms with Crippen LogP contribution in [0.25, 0.3) is 0 Å². The lowest BCUT2D eigenvalue weighted by molar-refractivity contribution is -0.137. The number of carboxylic acid groups (broad SMARTS) is 1. The van der Waals surface area contributed by atoms with Gasteiger partial charge in [-0.3, -0.25) is 4.79 Å². The Kier molecular flexibility index (Phi) is 9.84. The van der Waals surface area contributed by atoms with Crippen molar-refractivity contribution < 1.29 is 25.2 Å². The van der Waals surface area contributed by atoms with Crippen LogP contribution in [0.2, 0.25) is 0 Å². The summed E-state index contributed by atoms with van der Waals surface area (Å²) in [6, 6.07) is 0. The third-order valence-electron chi connectivity index (χ3n) is 4.85. The van der Waals surface area contributed by atoms with Crippen molar-refractivity contribution in [2.45, 2.75) is 76.6 Å². The van der Waals surface area contributed by atoms with Crippen LogP contribution < -0.4 is 0 Å². The van der Waals surface area contributed by atoms with Gasteiger partial charge >= 0.3 is 5.97 Å². The fourth-order valence-electron chi connectivity index (χ4n) is 3.35. The summed E-state index contributed by atoms with van der Waals surface area (Å²) < 4.78 is 0. The lowest BCUT2D eigenvalue weighted by atomic mass is 9.89.